The van der Waals surface area contributed by atoms with E-state index < -0.39 is 6.10 Å². The van der Waals surface area contributed by atoms with Gasteiger partial charge in [-0.25, -0.2) is 0 Å². The third-order valence-corrected chi connectivity index (χ3v) is 3.58. The Balaban J connectivity index is 1.90. The number of fused-ring (bicyclic) bond motifs is 1. The minimum Gasteiger partial charge on any atom is -0.485 e. The lowest BCUT2D eigenvalue weighted by atomic mass is 9.95. The predicted molar refractivity (Wildman–Crippen MR) is 72.0 cm³/mol. The summed E-state index contributed by atoms with van der Waals surface area (Å²) >= 11 is 0. The molecule has 2 aromatic rings. The first-order valence-electron chi connectivity index (χ1n) is 6.65. The van der Waals surface area contributed by atoms with Gasteiger partial charge in [-0.2, -0.15) is 5.10 Å². The number of benzene rings is 1. The zero-order valence-corrected chi connectivity index (χ0v) is 11.2. The molecule has 100 valence electrons. The average molecular weight is 258 g/mol. The summed E-state index contributed by atoms with van der Waals surface area (Å²) in [5.74, 6) is 0.776. The molecule has 0 amide bonds. The minimum atomic E-state index is -0.473. The highest BCUT2D eigenvalue weighted by molar-refractivity contribution is 5.40. The molecule has 0 aliphatic carbocycles. The van der Waals surface area contributed by atoms with Gasteiger partial charge in [-0.15, -0.1) is 0 Å². The summed E-state index contributed by atoms with van der Waals surface area (Å²) in [5.41, 5.74) is 3.05. The number of rotatable bonds is 2. The Morgan fingerprint density at radius 2 is 2.32 bits per heavy atom. The van der Waals surface area contributed by atoms with E-state index in [9.17, 15) is 5.11 Å². The average Bonchev–Trinajstić information content (AvgIpc) is 2.88. The van der Waals surface area contributed by atoms with Crippen molar-refractivity contribution in [3.05, 3.63) is 47.3 Å². The van der Waals surface area contributed by atoms with Crippen molar-refractivity contribution in [1.29, 1.82) is 0 Å². The third kappa shape index (κ3) is 2.24. The topological polar surface area (TPSA) is 47.3 Å². The molecule has 2 atom stereocenters. The molecule has 0 fully saturated rings. The maximum absolute atomic E-state index is 10.3. The molecule has 1 N–H and O–H groups in total. The molecule has 1 unspecified atom stereocenters. The van der Waals surface area contributed by atoms with Crippen LogP contribution in [0.5, 0.6) is 5.75 Å². The van der Waals surface area contributed by atoms with Crippen LogP contribution in [0, 0.1) is 6.92 Å². The Kier molecular flexibility index (Phi) is 3.03. The molecule has 1 aliphatic heterocycles. The lowest BCUT2D eigenvalue weighted by Crippen LogP contribution is -2.18. The van der Waals surface area contributed by atoms with Gasteiger partial charge in [0.1, 0.15) is 11.9 Å². The van der Waals surface area contributed by atoms with Crippen LogP contribution in [0.3, 0.4) is 0 Å². The molecule has 4 heteroatoms. The number of hydrogen-bond donors (Lipinski definition) is 1. The maximum Gasteiger partial charge on any atom is 0.130 e. The number of aryl methyl sites for hydroxylation is 2. The fraction of sp³-hybridized carbons (Fsp3) is 0.400. The van der Waals surface area contributed by atoms with Crippen LogP contribution in [0.25, 0.3) is 0 Å². The molecule has 0 saturated carbocycles. The lowest BCUT2D eigenvalue weighted by molar-refractivity contribution is 0.0656. The second-order valence-corrected chi connectivity index (χ2v) is 5.03. The highest BCUT2D eigenvalue weighted by atomic mass is 16.5. The number of nitrogens with zero attached hydrogens (tertiary/aromatic N) is 2. The van der Waals surface area contributed by atoms with Gasteiger partial charge >= 0.3 is 0 Å². The Morgan fingerprint density at radius 1 is 1.47 bits per heavy atom. The first-order chi connectivity index (χ1) is 9.17. The summed E-state index contributed by atoms with van der Waals surface area (Å²) in [6.07, 6.45) is 3.78. The summed E-state index contributed by atoms with van der Waals surface area (Å²) in [6, 6.07) is 5.93. The third-order valence-electron chi connectivity index (χ3n) is 3.58. The standard InChI is InChI=1S/C15H18N2O2/c1-3-17-9-11(8-16-17)15-7-13(18)12-6-10(2)4-5-14(12)19-15/h4-6,8-9,13,15,18H,3,7H2,1-2H3/t13-,15?/m0/s1. The molecule has 1 aliphatic rings. The van der Waals surface area contributed by atoms with Crippen LogP contribution in [-0.2, 0) is 6.54 Å². The quantitative estimate of drug-likeness (QED) is 0.901. The molecular formula is C15H18N2O2. The first-order valence-corrected chi connectivity index (χ1v) is 6.65. The van der Waals surface area contributed by atoms with E-state index in [2.05, 4.69) is 5.10 Å². The molecule has 2 heterocycles. The molecule has 0 bridgehead atoms. The van der Waals surface area contributed by atoms with E-state index in [1.165, 1.54) is 0 Å². The molecular weight excluding hydrogens is 240 g/mol. The van der Waals surface area contributed by atoms with Gasteiger partial charge in [0.05, 0.1) is 12.3 Å². The molecule has 4 nitrogen and oxygen atoms in total. The van der Waals surface area contributed by atoms with Gasteiger partial charge in [-0.1, -0.05) is 11.6 Å². The SMILES string of the molecule is CCn1cc(C2C[C@H](O)c3cc(C)ccc3O2)cn1. The highest BCUT2D eigenvalue weighted by Gasteiger charge is 2.28. The molecule has 0 saturated heterocycles. The highest BCUT2D eigenvalue weighted by Crippen LogP contribution is 2.40. The van der Waals surface area contributed by atoms with Crippen molar-refractivity contribution in [2.45, 2.75) is 39.0 Å². The second-order valence-electron chi connectivity index (χ2n) is 5.03. The van der Waals surface area contributed by atoms with Crippen LogP contribution in [0.2, 0.25) is 0 Å². The van der Waals surface area contributed by atoms with E-state index in [4.69, 9.17) is 4.74 Å². The zero-order valence-electron chi connectivity index (χ0n) is 11.2. The molecule has 19 heavy (non-hydrogen) atoms. The minimum absolute atomic E-state index is 0.120. The molecule has 1 aromatic carbocycles. The summed E-state index contributed by atoms with van der Waals surface area (Å²) in [4.78, 5) is 0. The van der Waals surface area contributed by atoms with E-state index in [0.717, 1.165) is 29.0 Å². The summed E-state index contributed by atoms with van der Waals surface area (Å²) in [6.45, 7) is 4.90. The molecule has 0 spiro atoms. The number of aliphatic hydroxyl groups excluding tert-OH is 1. The monoisotopic (exact) mass is 258 g/mol. The van der Waals surface area contributed by atoms with E-state index in [0.29, 0.717) is 6.42 Å². The van der Waals surface area contributed by atoms with Gasteiger partial charge < -0.3 is 9.84 Å². The fourth-order valence-corrected chi connectivity index (χ4v) is 2.49. The van der Waals surface area contributed by atoms with Gasteiger partial charge in [-0.05, 0) is 26.0 Å². The lowest BCUT2D eigenvalue weighted by Gasteiger charge is -2.29. The number of ether oxygens (including phenoxy) is 1. The Morgan fingerprint density at radius 3 is 3.05 bits per heavy atom. The normalized spacial score (nSPS) is 21.8. The van der Waals surface area contributed by atoms with Gasteiger partial charge in [0, 0.05) is 30.3 Å². The van der Waals surface area contributed by atoms with Crippen LogP contribution >= 0.6 is 0 Å². The Bertz CT molecular complexity index is 592. The van der Waals surface area contributed by atoms with Crippen molar-refractivity contribution >= 4 is 0 Å². The first kappa shape index (κ1) is 12.2. The number of hydrogen-bond acceptors (Lipinski definition) is 3. The van der Waals surface area contributed by atoms with Gasteiger partial charge in [0.2, 0.25) is 0 Å². The van der Waals surface area contributed by atoms with E-state index >= 15 is 0 Å². The number of aromatic nitrogens is 2. The molecule has 0 radical (unpaired) electrons. The van der Waals surface area contributed by atoms with Gasteiger partial charge in [0.15, 0.2) is 0 Å². The van der Waals surface area contributed by atoms with Crippen LogP contribution in [-0.4, -0.2) is 14.9 Å². The van der Waals surface area contributed by atoms with Crippen molar-refractivity contribution in [3.8, 4) is 5.75 Å². The van der Waals surface area contributed by atoms with E-state index in [1.54, 1.807) is 0 Å². The summed E-state index contributed by atoms with van der Waals surface area (Å²) in [5, 5.41) is 14.5. The maximum atomic E-state index is 10.3. The van der Waals surface area contributed by atoms with Crippen LogP contribution in [0.15, 0.2) is 30.6 Å². The fourth-order valence-electron chi connectivity index (χ4n) is 2.49. The van der Waals surface area contributed by atoms with Crippen LogP contribution in [0.1, 0.15) is 42.2 Å². The smallest absolute Gasteiger partial charge is 0.130 e. The second kappa shape index (κ2) is 4.70. The van der Waals surface area contributed by atoms with Gasteiger partial charge in [-0.3, -0.25) is 4.68 Å². The van der Waals surface area contributed by atoms with Crippen molar-refractivity contribution in [1.82, 2.24) is 9.78 Å². The van der Waals surface area contributed by atoms with Gasteiger partial charge in [0.25, 0.3) is 0 Å². The van der Waals surface area contributed by atoms with Crippen molar-refractivity contribution in [3.63, 3.8) is 0 Å². The van der Waals surface area contributed by atoms with Crippen molar-refractivity contribution in [2.24, 2.45) is 0 Å². The zero-order chi connectivity index (χ0) is 13.4. The Hall–Kier alpha value is -1.81. The van der Waals surface area contributed by atoms with Crippen molar-refractivity contribution in [2.75, 3.05) is 0 Å². The summed E-state index contributed by atoms with van der Waals surface area (Å²) < 4.78 is 7.86. The number of aliphatic hydroxyl groups is 1. The largest absolute Gasteiger partial charge is 0.485 e. The van der Waals surface area contributed by atoms with Crippen LogP contribution < -0.4 is 4.74 Å². The van der Waals surface area contributed by atoms with Crippen molar-refractivity contribution < 1.29 is 9.84 Å². The Labute approximate surface area is 112 Å². The summed E-state index contributed by atoms with van der Waals surface area (Å²) in [7, 11) is 0. The molecule has 3 rings (SSSR count). The van der Waals surface area contributed by atoms with Crippen LogP contribution in [0.4, 0.5) is 0 Å². The predicted octanol–water partition coefficient (Wildman–Crippen LogP) is 2.77. The molecule has 1 aromatic heterocycles. The van der Waals surface area contributed by atoms with E-state index in [-0.39, 0.29) is 6.10 Å². The van der Waals surface area contributed by atoms with E-state index in [1.807, 2.05) is 49.1 Å².